The summed E-state index contributed by atoms with van der Waals surface area (Å²) < 4.78 is 10.9. The molecular weight excluding hydrogens is 477 g/mol. The minimum Gasteiger partial charge on any atom is -0.497 e. The van der Waals surface area contributed by atoms with E-state index in [4.69, 9.17) is 15.2 Å². The number of anilines is 1. The summed E-state index contributed by atoms with van der Waals surface area (Å²) in [4.78, 5) is 13.3. The highest BCUT2D eigenvalue weighted by atomic mass is 127. The van der Waals surface area contributed by atoms with Crippen LogP contribution >= 0.6 is 35.3 Å². The number of hydrogen-bond donors (Lipinski definition) is 1. The molecule has 0 aliphatic carbocycles. The second-order valence-corrected chi connectivity index (χ2v) is 6.78. The van der Waals surface area contributed by atoms with Crippen LogP contribution in [0.1, 0.15) is 6.42 Å². The summed E-state index contributed by atoms with van der Waals surface area (Å²) in [5, 5.41) is 3.08. The smallest absolute Gasteiger partial charge is 0.191 e. The zero-order chi connectivity index (χ0) is 18.2. The number of nitrogens with two attached hydrogens (primary N) is 1. The number of methoxy groups -OCH3 is 1. The van der Waals surface area contributed by atoms with Crippen molar-refractivity contribution in [3.05, 3.63) is 35.8 Å². The second-order valence-electron chi connectivity index (χ2n) is 5.91. The van der Waals surface area contributed by atoms with Gasteiger partial charge in [0.05, 0.1) is 13.7 Å². The van der Waals surface area contributed by atoms with E-state index in [-0.39, 0.29) is 24.0 Å². The van der Waals surface area contributed by atoms with E-state index in [1.54, 1.807) is 18.4 Å². The molecule has 2 heterocycles. The van der Waals surface area contributed by atoms with E-state index in [2.05, 4.69) is 19.8 Å². The van der Waals surface area contributed by atoms with Gasteiger partial charge in [0.2, 0.25) is 0 Å². The Hall–Kier alpha value is -1.75. The molecule has 1 aromatic heterocycles. The number of aromatic nitrogens is 1. The van der Waals surface area contributed by atoms with Crippen molar-refractivity contribution in [3.63, 3.8) is 0 Å². The topological polar surface area (TPSA) is 76.2 Å². The molecule has 1 aromatic carbocycles. The number of thiazole rings is 1. The van der Waals surface area contributed by atoms with Crippen LogP contribution in [0.2, 0.25) is 0 Å². The van der Waals surface area contributed by atoms with Crippen LogP contribution in [0.25, 0.3) is 0 Å². The lowest BCUT2D eigenvalue weighted by Gasteiger charge is -2.35. The normalized spacial score (nSPS) is 14.6. The molecule has 27 heavy (non-hydrogen) atoms. The number of piperazine rings is 1. The summed E-state index contributed by atoms with van der Waals surface area (Å²) in [6, 6.07) is 7.60. The Morgan fingerprint density at radius 3 is 2.74 bits per heavy atom. The van der Waals surface area contributed by atoms with Crippen LogP contribution < -0.4 is 20.1 Å². The van der Waals surface area contributed by atoms with Crippen molar-refractivity contribution in [1.82, 2.24) is 9.88 Å². The number of benzene rings is 1. The molecule has 2 N–H and O–H groups in total. The first-order valence-corrected chi connectivity index (χ1v) is 9.60. The average Bonchev–Trinajstić information content (AvgIpc) is 3.22. The molecule has 3 rings (SSSR count). The maximum Gasteiger partial charge on any atom is 0.191 e. The van der Waals surface area contributed by atoms with Gasteiger partial charge in [-0.25, -0.2) is 4.98 Å². The molecular formula is C18H26IN5O2S. The molecule has 0 amide bonds. The molecule has 0 bridgehead atoms. The van der Waals surface area contributed by atoms with Crippen molar-refractivity contribution >= 4 is 46.4 Å². The van der Waals surface area contributed by atoms with Gasteiger partial charge >= 0.3 is 0 Å². The van der Waals surface area contributed by atoms with Gasteiger partial charge in [-0.3, -0.25) is 4.99 Å². The van der Waals surface area contributed by atoms with Crippen molar-refractivity contribution in [2.24, 2.45) is 10.7 Å². The first kappa shape index (κ1) is 21.5. The number of aliphatic imine (C=N–C) groups is 1. The van der Waals surface area contributed by atoms with Crippen LogP contribution in [0.5, 0.6) is 11.5 Å². The van der Waals surface area contributed by atoms with E-state index in [0.29, 0.717) is 19.1 Å². The molecule has 7 nitrogen and oxygen atoms in total. The molecule has 0 unspecified atom stereocenters. The summed E-state index contributed by atoms with van der Waals surface area (Å²) in [5.74, 6) is 2.21. The van der Waals surface area contributed by atoms with E-state index in [9.17, 15) is 0 Å². The number of nitrogens with zero attached hydrogens (tertiary/aromatic N) is 4. The fourth-order valence-electron chi connectivity index (χ4n) is 2.74. The number of rotatable bonds is 7. The highest BCUT2D eigenvalue weighted by Gasteiger charge is 2.19. The molecule has 9 heteroatoms. The fraction of sp³-hybridized carbons (Fsp3) is 0.444. The second kappa shape index (κ2) is 11.2. The predicted octanol–water partition coefficient (Wildman–Crippen LogP) is 2.68. The number of hydrogen-bond acceptors (Lipinski definition) is 6. The van der Waals surface area contributed by atoms with Gasteiger partial charge in [-0.1, -0.05) is 6.07 Å². The number of guanidine groups is 1. The van der Waals surface area contributed by atoms with Crippen molar-refractivity contribution in [3.8, 4) is 11.5 Å². The third-order valence-electron chi connectivity index (χ3n) is 4.18. The zero-order valence-corrected chi connectivity index (χ0v) is 18.6. The van der Waals surface area contributed by atoms with Gasteiger partial charge in [0, 0.05) is 56.8 Å². The monoisotopic (exact) mass is 503 g/mol. The van der Waals surface area contributed by atoms with Crippen LogP contribution in [-0.2, 0) is 0 Å². The van der Waals surface area contributed by atoms with Crippen LogP contribution in [0.3, 0.4) is 0 Å². The highest BCUT2D eigenvalue weighted by Crippen LogP contribution is 2.19. The lowest BCUT2D eigenvalue weighted by molar-refractivity contribution is 0.310. The zero-order valence-electron chi connectivity index (χ0n) is 15.4. The Kier molecular flexibility index (Phi) is 8.92. The fourth-order valence-corrected chi connectivity index (χ4v) is 3.43. The van der Waals surface area contributed by atoms with E-state index in [0.717, 1.165) is 49.2 Å². The molecule has 1 saturated heterocycles. The SMILES string of the molecule is COc1cccc(OCCCN=C(N)N2CCN(c3nccs3)CC2)c1.I. The molecule has 0 radical (unpaired) electrons. The molecule has 1 aliphatic rings. The third-order valence-corrected chi connectivity index (χ3v) is 5.01. The lowest BCUT2D eigenvalue weighted by Crippen LogP contribution is -2.51. The van der Waals surface area contributed by atoms with Gasteiger partial charge < -0.3 is 25.0 Å². The Morgan fingerprint density at radius 2 is 2.04 bits per heavy atom. The van der Waals surface area contributed by atoms with Crippen molar-refractivity contribution in [2.45, 2.75) is 6.42 Å². The third kappa shape index (κ3) is 6.42. The first-order valence-electron chi connectivity index (χ1n) is 8.72. The maximum absolute atomic E-state index is 6.13. The molecule has 2 aromatic rings. The van der Waals surface area contributed by atoms with Gasteiger partial charge in [0.15, 0.2) is 11.1 Å². The minimum atomic E-state index is 0. The van der Waals surface area contributed by atoms with Crippen LogP contribution in [0, 0.1) is 0 Å². The standard InChI is InChI=1S/C18H25N5O2S.HI/c1-24-15-4-2-5-16(14-15)25-12-3-6-20-17(19)22-8-10-23(11-9-22)18-21-7-13-26-18;/h2,4-5,7,13-14H,3,6,8-12H2,1H3,(H2,19,20);1H. The van der Waals surface area contributed by atoms with Gasteiger partial charge in [0.1, 0.15) is 11.5 Å². The van der Waals surface area contributed by atoms with Crippen molar-refractivity contribution in [2.75, 3.05) is 51.3 Å². The Morgan fingerprint density at radius 1 is 1.26 bits per heavy atom. The van der Waals surface area contributed by atoms with E-state index < -0.39 is 0 Å². The summed E-state index contributed by atoms with van der Waals surface area (Å²) >= 11 is 1.67. The number of ether oxygens (including phenoxy) is 2. The summed E-state index contributed by atoms with van der Waals surface area (Å²) in [7, 11) is 1.65. The molecule has 1 aliphatic heterocycles. The van der Waals surface area contributed by atoms with E-state index in [1.807, 2.05) is 35.8 Å². The lowest BCUT2D eigenvalue weighted by atomic mass is 10.3. The Labute approximate surface area is 181 Å². The van der Waals surface area contributed by atoms with Gasteiger partial charge in [-0.2, -0.15) is 0 Å². The molecule has 0 atom stereocenters. The number of halogens is 1. The van der Waals surface area contributed by atoms with Crippen molar-refractivity contribution in [1.29, 1.82) is 0 Å². The molecule has 0 spiro atoms. The quantitative estimate of drug-likeness (QED) is 0.271. The molecule has 148 valence electrons. The molecule has 1 fully saturated rings. The summed E-state index contributed by atoms with van der Waals surface area (Å²) in [6.07, 6.45) is 2.66. The van der Waals surface area contributed by atoms with Crippen LogP contribution in [0.15, 0.2) is 40.8 Å². The first-order chi connectivity index (χ1) is 12.8. The summed E-state index contributed by atoms with van der Waals surface area (Å²) in [6.45, 7) is 4.83. The van der Waals surface area contributed by atoms with Crippen molar-refractivity contribution < 1.29 is 9.47 Å². The minimum absolute atomic E-state index is 0. The van der Waals surface area contributed by atoms with Crippen LogP contribution in [-0.4, -0.2) is 62.3 Å². The predicted molar refractivity (Wildman–Crippen MR) is 121 cm³/mol. The van der Waals surface area contributed by atoms with Gasteiger partial charge in [-0.05, 0) is 12.1 Å². The van der Waals surface area contributed by atoms with E-state index >= 15 is 0 Å². The highest BCUT2D eigenvalue weighted by molar-refractivity contribution is 14.0. The van der Waals surface area contributed by atoms with E-state index in [1.165, 1.54) is 0 Å². The largest absolute Gasteiger partial charge is 0.497 e. The Bertz CT molecular complexity index is 706. The van der Waals surface area contributed by atoms with Crippen LogP contribution in [0.4, 0.5) is 5.13 Å². The van der Waals surface area contributed by atoms with Gasteiger partial charge in [0.25, 0.3) is 0 Å². The average molecular weight is 503 g/mol. The maximum atomic E-state index is 6.13. The van der Waals surface area contributed by atoms with Gasteiger partial charge in [-0.15, -0.1) is 35.3 Å². The Balaban J connectivity index is 0.00000261. The molecule has 0 saturated carbocycles. The summed E-state index contributed by atoms with van der Waals surface area (Å²) in [5.41, 5.74) is 6.13.